The summed E-state index contributed by atoms with van der Waals surface area (Å²) in [5.41, 5.74) is 1.62. The Labute approximate surface area is 177 Å². The number of hydrogen-bond donors (Lipinski definition) is 1. The van der Waals surface area contributed by atoms with E-state index in [0.29, 0.717) is 27.9 Å². The Kier molecular flexibility index (Phi) is 5.29. The lowest BCUT2D eigenvalue weighted by Crippen LogP contribution is -2.23. The topological polar surface area (TPSA) is 103 Å². The van der Waals surface area contributed by atoms with Crippen molar-refractivity contribution in [2.75, 3.05) is 11.9 Å². The predicted molar refractivity (Wildman–Crippen MR) is 118 cm³/mol. The molecule has 0 unspecified atom stereocenters. The van der Waals surface area contributed by atoms with Crippen molar-refractivity contribution in [2.45, 2.75) is 26.8 Å². The predicted octanol–water partition coefficient (Wildman–Crippen LogP) is 3.41. The Balaban J connectivity index is 1.49. The Morgan fingerprint density at radius 3 is 2.71 bits per heavy atom. The van der Waals surface area contributed by atoms with E-state index >= 15 is 0 Å². The quantitative estimate of drug-likeness (QED) is 0.497. The number of carbonyl (C=O) groups is 1. The molecule has 158 valence electrons. The van der Waals surface area contributed by atoms with Gasteiger partial charge in [0.1, 0.15) is 11.3 Å². The van der Waals surface area contributed by atoms with Gasteiger partial charge in [0, 0.05) is 29.2 Å². The van der Waals surface area contributed by atoms with Crippen molar-refractivity contribution in [1.29, 1.82) is 0 Å². The maximum atomic E-state index is 12.6. The first kappa shape index (κ1) is 20.3. The molecular formula is C23H21N3O5. The van der Waals surface area contributed by atoms with E-state index in [4.69, 9.17) is 9.15 Å². The number of nitrogens with one attached hydrogen (secondary N) is 1. The molecule has 0 bridgehead atoms. The van der Waals surface area contributed by atoms with Gasteiger partial charge in [-0.3, -0.25) is 14.2 Å². The van der Waals surface area contributed by atoms with E-state index in [1.165, 1.54) is 17.0 Å². The van der Waals surface area contributed by atoms with Gasteiger partial charge in [-0.25, -0.2) is 9.78 Å². The van der Waals surface area contributed by atoms with Crippen LogP contribution in [0.3, 0.4) is 0 Å². The molecule has 0 saturated carbocycles. The van der Waals surface area contributed by atoms with E-state index in [0.717, 1.165) is 10.9 Å². The number of carbonyl (C=O) groups excluding carboxylic acids is 1. The number of amides is 1. The van der Waals surface area contributed by atoms with Gasteiger partial charge in [0.05, 0.1) is 17.2 Å². The van der Waals surface area contributed by atoms with Crippen molar-refractivity contribution in [3.8, 4) is 5.75 Å². The highest BCUT2D eigenvalue weighted by atomic mass is 16.5. The molecule has 0 atom stereocenters. The monoisotopic (exact) mass is 419 g/mol. The zero-order chi connectivity index (χ0) is 22.1. The van der Waals surface area contributed by atoms with Gasteiger partial charge in [0.15, 0.2) is 6.61 Å². The lowest BCUT2D eigenvalue weighted by Gasteiger charge is -2.11. The molecule has 0 aliphatic rings. The first-order valence-electron chi connectivity index (χ1n) is 9.80. The van der Waals surface area contributed by atoms with Crippen LogP contribution >= 0.6 is 0 Å². The van der Waals surface area contributed by atoms with E-state index in [9.17, 15) is 14.4 Å². The summed E-state index contributed by atoms with van der Waals surface area (Å²) in [4.78, 5) is 40.8. The van der Waals surface area contributed by atoms with Gasteiger partial charge in [0.25, 0.3) is 11.5 Å². The molecule has 8 nitrogen and oxygen atoms in total. The van der Waals surface area contributed by atoms with Gasteiger partial charge in [0.2, 0.25) is 0 Å². The number of ether oxygens (including phenoxy) is 1. The van der Waals surface area contributed by atoms with E-state index in [1.807, 2.05) is 20.8 Å². The molecule has 4 rings (SSSR count). The number of aromatic nitrogens is 2. The van der Waals surface area contributed by atoms with Crippen molar-refractivity contribution in [3.63, 3.8) is 0 Å². The Hall–Kier alpha value is -3.94. The number of aryl methyl sites for hydroxylation is 1. The first-order chi connectivity index (χ1) is 14.8. The lowest BCUT2D eigenvalue weighted by molar-refractivity contribution is -0.118. The zero-order valence-electron chi connectivity index (χ0n) is 17.3. The summed E-state index contributed by atoms with van der Waals surface area (Å²) in [5, 5.41) is 3.95. The molecule has 1 amide bonds. The van der Waals surface area contributed by atoms with Crippen molar-refractivity contribution in [1.82, 2.24) is 9.55 Å². The van der Waals surface area contributed by atoms with Crippen molar-refractivity contribution >= 4 is 33.5 Å². The molecule has 2 heterocycles. The summed E-state index contributed by atoms with van der Waals surface area (Å²) >= 11 is 0. The Bertz CT molecular complexity index is 1420. The van der Waals surface area contributed by atoms with Crippen LogP contribution in [-0.2, 0) is 4.79 Å². The fraction of sp³-hybridized carbons (Fsp3) is 0.217. The third kappa shape index (κ3) is 4.18. The SMILES string of the molecule is Cc1cc(=O)oc2cc(OCC(=O)Nc3ccc4ncn(C(C)C)c(=O)c4c3)ccc12. The number of nitrogens with zero attached hydrogens (tertiary/aromatic N) is 2. The molecule has 0 aliphatic carbocycles. The molecule has 0 aliphatic heterocycles. The van der Waals surface area contributed by atoms with Gasteiger partial charge in [-0.1, -0.05) is 0 Å². The second-order valence-corrected chi connectivity index (χ2v) is 7.53. The second-order valence-electron chi connectivity index (χ2n) is 7.53. The first-order valence-corrected chi connectivity index (χ1v) is 9.80. The van der Waals surface area contributed by atoms with Crippen molar-refractivity contribution in [3.05, 3.63) is 75.1 Å². The molecule has 1 N–H and O–H groups in total. The minimum Gasteiger partial charge on any atom is -0.484 e. The lowest BCUT2D eigenvalue weighted by atomic mass is 10.1. The highest BCUT2D eigenvalue weighted by Gasteiger charge is 2.10. The van der Waals surface area contributed by atoms with Crippen LogP contribution in [0, 0.1) is 6.92 Å². The normalized spacial score (nSPS) is 11.2. The average molecular weight is 419 g/mol. The summed E-state index contributed by atoms with van der Waals surface area (Å²) in [6.07, 6.45) is 1.52. The molecule has 0 saturated heterocycles. The van der Waals surface area contributed by atoms with Gasteiger partial charge >= 0.3 is 5.63 Å². The van der Waals surface area contributed by atoms with Gasteiger partial charge < -0.3 is 14.5 Å². The maximum absolute atomic E-state index is 12.6. The average Bonchev–Trinajstić information content (AvgIpc) is 2.72. The molecule has 4 aromatic rings. The van der Waals surface area contributed by atoms with Crippen LogP contribution in [0.5, 0.6) is 5.75 Å². The Morgan fingerprint density at radius 2 is 1.94 bits per heavy atom. The zero-order valence-corrected chi connectivity index (χ0v) is 17.3. The van der Waals surface area contributed by atoms with E-state index in [2.05, 4.69) is 10.3 Å². The number of anilines is 1. The van der Waals surface area contributed by atoms with Crippen molar-refractivity contribution < 1.29 is 13.9 Å². The van der Waals surface area contributed by atoms with Crippen molar-refractivity contribution in [2.24, 2.45) is 0 Å². The summed E-state index contributed by atoms with van der Waals surface area (Å²) in [6.45, 7) is 5.37. The standard InChI is InChI=1S/C23H21N3O5/c1-13(2)26-12-24-19-7-4-15(9-18(19)23(26)29)25-21(27)11-30-16-5-6-17-14(3)8-22(28)31-20(17)10-16/h4-10,12-13H,11H2,1-3H3,(H,25,27). The van der Waals surface area contributed by atoms with Crippen LogP contribution in [-0.4, -0.2) is 22.1 Å². The summed E-state index contributed by atoms with van der Waals surface area (Å²) in [6, 6.07) is 11.4. The third-order valence-electron chi connectivity index (χ3n) is 4.92. The van der Waals surface area contributed by atoms with Crippen LogP contribution in [0.1, 0.15) is 25.5 Å². The third-order valence-corrected chi connectivity index (χ3v) is 4.92. The van der Waals surface area contributed by atoms with Gasteiger partial charge in [-0.15, -0.1) is 0 Å². The van der Waals surface area contributed by atoms with Gasteiger partial charge in [-0.2, -0.15) is 0 Å². The van der Waals surface area contributed by atoms with Crippen LogP contribution in [0.15, 0.2) is 62.8 Å². The highest BCUT2D eigenvalue weighted by molar-refractivity contribution is 5.94. The maximum Gasteiger partial charge on any atom is 0.336 e. The second kappa shape index (κ2) is 8.06. The highest BCUT2D eigenvalue weighted by Crippen LogP contribution is 2.22. The Morgan fingerprint density at radius 1 is 1.13 bits per heavy atom. The molecule has 31 heavy (non-hydrogen) atoms. The molecular weight excluding hydrogens is 398 g/mol. The van der Waals surface area contributed by atoms with Crippen LogP contribution in [0.2, 0.25) is 0 Å². The minimum absolute atomic E-state index is 0.0220. The minimum atomic E-state index is -0.442. The smallest absolute Gasteiger partial charge is 0.336 e. The van der Waals surface area contributed by atoms with E-state index in [-0.39, 0.29) is 18.2 Å². The molecule has 8 heteroatoms. The fourth-order valence-corrected chi connectivity index (χ4v) is 3.32. The number of benzene rings is 2. The van der Waals surface area contributed by atoms with Crippen LogP contribution in [0.25, 0.3) is 21.9 Å². The summed E-state index contributed by atoms with van der Waals surface area (Å²) < 4.78 is 12.3. The molecule has 2 aromatic carbocycles. The molecule has 0 fully saturated rings. The van der Waals surface area contributed by atoms with Crippen LogP contribution < -0.4 is 21.2 Å². The molecule has 0 radical (unpaired) electrons. The largest absolute Gasteiger partial charge is 0.484 e. The summed E-state index contributed by atoms with van der Waals surface area (Å²) in [7, 11) is 0. The fourth-order valence-electron chi connectivity index (χ4n) is 3.32. The van der Waals surface area contributed by atoms with E-state index < -0.39 is 11.5 Å². The molecule has 2 aromatic heterocycles. The summed E-state index contributed by atoms with van der Waals surface area (Å²) in [5.74, 6) is 0.0112. The number of hydrogen-bond acceptors (Lipinski definition) is 6. The molecule has 0 spiro atoms. The number of fused-ring (bicyclic) bond motifs is 2. The van der Waals surface area contributed by atoms with E-state index in [1.54, 1.807) is 36.4 Å². The van der Waals surface area contributed by atoms with Gasteiger partial charge in [-0.05, 0) is 56.7 Å². The van der Waals surface area contributed by atoms with Crippen LogP contribution in [0.4, 0.5) is 5.69 Å². The number of rotatable bonds is 5.